The van der Waals surface area contributed by atoms with E-state index >= 15 is 0 Å². The second kappa shape index (κ2) is 7.28. The van der Waals surface area contributed by atoms with E-state index in [-0.39, 0.29) is 11.9 Å². The second-order valence-electron chi connectivity index (χ2n) is 7.67. The predicted molar refractivity (Wildman–Crippen MR) is 115 cm³/mol. The van der Waals surface area contributed by atoms with Crippen LogP contribution in [-0.4, -0.2) is 31.1 Å². The molecule has 0 spiro atoms. The molecule has 1 aliphatic heterocycles. The second-order valence-corrected chi connectivity index (χ2v) is 8.68. The molecule has 2 aromatic carbocycles. The quantitative estimate of drug-likeness (QED) is 0.544. The SMILES string of the molecule is CCc1nc2sc([C@@H](c3ccc(C)cc3)N3CCc4ccccc4C3)c(O)n2n1. The molecule has 0 saturated heterocycles. The first-order valence-electron chi connectivity index (χ1n) is 10.1. The van der Waals surface area contributed by atoms with Crippen LogP contribution in [0.2, 0.25) is 0 Å². The summed E-state index contributed by atoms with van der Waals surface area (Å²) in [4.78, 5) is 8.69. The van der Waals surface area contributed by atoms with Crippen LogP contribution >= 0.6 is 11.3 Å². The number of thiazole rings is 1. The van der Waals surface area contributed by atoms with E-state index in [2.05, 4.69) is 70.4 Å². The number of fused-ring (bicyclic) bond motifs is 2. The van der Waals surface area contributed by atoms with Crippen LogP contribution in [0.25, 0.3) is 4.96 Å². The minimum Gasteiger partial charge on any atom is -0.492 e. The molecule has 4 aromatic rings. The molecule has 0 aliphatic carbocycles. The Labute approximate surface area is 174 Å². The summed E-state index contributed by atoms with van der Waals surface area (Å²) < 4.78 is 1.60. The summed E-state index contributed by atoms with van der Waals surface area (Å²) in [5.74, 6) is 0.971. The average molecular weight is 405 g/mol. The highest BCUT2D eigenvalue weighted by Gasteiger charge is 2.31. The van der Waals surface area contributed by atoms with Crippen LogP contribution in [0.5, 0.6) is 5.88 Å². The Kier molecular flexibility index (Phi) is 4.60. The van der Waals surface area contributed by atoms with E-state index in [4.69, 9.17) is 0 Å². The summed E-state index contributed by atoms with van der Waals surface area (Å²) >= 11 is 1.54. The van der Waals surface area contributed by atoms with Crippen molar-refractivity contribution in [2.45, 2.75) is 39.3 Å². The van der Waals surface area contributed by atoms with E-state index in [1.54, 1.807) is 4.52 Å². The molecule has 0 bridgehead atoms. The molecule has 1 atom stereocenters. The van der Waals surface area contributed by atoms with Crippen molar-refractivity contribution in [1.29, 1.82) is 0 Å². The fourth-order valence-electron chi connectivity index (χ4n) is 4.13. The van der Waals surface area contributed by atoms with Gasteiger partial charge in [0.2, 0.25) is 10.8 Å². The number of hydrogen-bond donors (Lipinski definition) is 1. The zero-order valence-corrected chi connectivity index (χ0v) is 17.5. The summed E-state index contributed by atoms with van der Waals surface area (Å²) in [5, 5.41) is 15.5. The van der Waals surface area contributed by atoms with E-state index in [1.807, 2.05) is 6.92 Å². The predicted octanol–water partition coefficient (Wildman–Crippen LogP) is 4.51. The molecule has 3 heterocycles. The normalized spacial score (nSPS) is 15.5. The molecule has 5 nitrogen and oxygen atoms in total. The number of aryl methyl sites for hydroxylation is 2. The standard InChI is InChI=1S/C23H24N4OS/c1-3-19-24-23-27(25-19)22(28)21(29-23)20(17-10-8-15(2)9-11-17)26-13-12-16-6-4-5-7-18(16)14-26/h4-11,20,28H,3,12-14H2,1-2H3/t20-/m1/s1. The first kappa shape index (κ1) is 18.3. The molecule has 0 radical (unpaired) electrons. The molecule has 0 amide bonds. The van der Waals surface area contributed by atoms with Crippen molar-refractivity contribution in [2.75, 3.05) is 6.54 Å². The summed E-state index contributed by atoms with van der Waals surface area (Å²) in [7, 11) is 0. The van der Waals surface area contributed by atoms with Crippen molar-refractivity contribution in [3.8, 4) is 5.88 Å². The van der Waals surface area contributed by atoms with Crippen LogP contribution in [0.4, 0.5) is 0 Å². The number of aromatic nitrogens is 3. The molecule has 0 unspecified atom stereocenters. The van der Waals surface area contributed by atoms with Crippen LogP contribution in [0.3, 0.4) is 0 Å². The molecular weight excluding hydrogens is 380 g/mol. The van der Waals surface area contributed by atoms with Crippen molar-refractivity contribution in [3.63, 3.8) is 0 Å². The highest BCUT2D eigenvalue weighted by Crippen LogP contribution is 2.41. The number of rotatable bonds is 4. The Morgan fingerprint density at radius 3 is 2.59 bits per heavy atom. The molecule has 1 N–H and O–H groups in total. The van der Waals surface area contributed by atoms with E-state index < -0.39 is 0 Å². The molecule has 1 aliphatic rings. The smallest absolute Gasteiger partial charge is 0.230 e. The van der Waals surface area contributed by atoms with E-state index in [0.29, 0.717) is 0 Å². The minimum absolute atomic E-state index is 0.0254. The van der Waals surface area contributed by atoms with Crippen LogP contribution in [0.1, 0.15) is 45.9 Å². The lowest BCUT2D eigenvalue weighted by molar-refractivity contribution is 0.205. The van der Waals surface area contributed by atoms with Crippen molar-refractivity contribution in [3.05, 3.63) is 81.5 Å². The Balaban J connectivity index is 1.61. The van der Waals surface area contributed by atoms with Gasteiger partial charge < -0.3 is 5.11 Å². The molecule has 5 rings (SSSR count). The monoisotopic (exact) mass is 404 g/mol. The highest BCUT2D eigenvalue weighted by molar-refractivity contribution is 7.17. The van der Waals surface area contributed by atoms with Gasteiger partial charge in [-0.15, -0.1) is 5.10 Å². The molecule has 0 fully saturated rings. The molecule has 2 aromatic heterocycles. The van der Waals surface area contributed by atoms with Gasteiger partial charge in [-0.25, -0.2) is 4.98 Å². The minimum atomic E-state index is -0.0254. The van der Waals surface area contributed by atoms with Crippen LogP contribution in [0.15, 0.2) is 48.5 Å². The third-order valence-corrected chi connectivity index (χ3v) is 6.80. The molecule has 29 heavy (non-hydrogen) atoms. The first-order valence-corrected chi connectivity index (χ1v) is 10.9. The van der Waals surface area contributed by atoms with Gasteiger partial charge in [0.1, 0.15) is 0 Å². The average Bonchev–Trinajstić information content (AvgIpc) is 3.29. The van der Waals surface area contributed by atoms with Crippen molar-refractivity contribution in [2.24, 2.45) is 0 Å². The maximum absolute atomic E-state index is 11.1. The summed E-state index contributed by atoms with van der Waals surface area (Å²) in [5.41, 5.74) is 5.20. The molecular formula is C23H24N4OS. The lowest BCUT2D eigenvalue weighted by Crippen LogP contribution is -2.34. The zero-order valence-electron chi connectivity index (χ0n) is 16.7. The third-order valence-electron chi connectivity index (χ3n) is 5.73. The van der Waals surface area contributed by atoms with Crippen LogP contribution in [0, 0.1) is 6.92 Å². The van der Waals surface area contributed by atoms with Gasteiger partial charge in [0.05, 0.1) is 10.9 Å². The Bertz CT molecular complexity index is 1160. The van der Waals surface area contributed by atoms with Crippen LogP contribution in [-0.2, 0) is 19.4 Å². The van der Waals surface area contributed by atoms with Gasteiger partial charge in [-0.1, -0.05) is 72.4 Å². The Hall–Kier alpha value is -2.70. The van der Waals surface area contributed by atoms with Gasteiger partial charge in [0, 0.05) is 19.5 Å². The van der Waals surface area contributed by atoms with Crippen molar-refractivity contribution < 1.29 is 5.11 Å². The first-order chi connectivity index (χ1) is 14.1. The maximum atomic E-state index is 11.1. The number of hydrogen-bond acceptors (Lipinski definition) is 5. The number of benzene rings is 2. The summed E-state index contributed by atoms with van der Waals surface area (Å²) in [6, 6.07) is 17.3. The fraction of sp³-hybridized carbons (Fsp3) is 0.304. The maximum Gasteiger partial charge on any atom is 0.230 e. The Morgan fingerprint density at radius 2 is 1.86 bits per heavy atom. The van der Waals surface area contributed by atoms with E-state index in [9.17, 15) is 5.11 Å². The molecule has 0 saturated carbocycles. The zero-order chi connectivity index (χ0) is 20.0. The number of aromatic hydroxyl groups is 1. The van der Waals surface area contributed by atoms with Crippen molar-refractivity contribution >= 4 is 16.3 Å². The lowest BCUT2D eigenvalue weighted by atomic mass is 9.95. The van der Waals surface area contributed by atoms with E-state index in [1.165, 1.54) is 33.6 Å². The largest absolute Gasteiger partial charge is 0.492 e. The van der Waals surface area contributed by atoms with E-state index in [0.717, 1.165) is 41.6 Å². The van der Waals surface area contributed by atoms with Gasteiger partial charge in [0.15, 0.2) is 5.82 Å². The number of nitrogens with zero attached hydrogens (tertiary/aromatic N) is 4. The van der Waals surface area contributed by atoms with Gasteiger partial charge in [0.25, 0.3) is 0 Å². The van der Waals surface area contributed by atoms with Crippen molar-refractivity contribution in [1.82, 2.24) is 19.5 Å². The van der Waals surface area contributed by atoms with Gasteiger partial charge in [-0.3, -0.25) is 4.90 Å². The molecule has 6 heteroatoms. The molecule has 148 valence electrons. The Morgan fingerprint density at radius 1 is 1.10 bits per heavy atom. The summed E-state index contributed by atoms with van der Waals surface area (Å²) in [6.45, 7) is 5.94. The lowest BCUT2D eigenvalue weighted by Gasteiger charge is -2.35. The van der Waals surface area contributed by atoms with Gasteiger partial charge in [-0.05, 0) is 30.0 Å². The summed E-state index contributed by atoms with van der Waals surface area (Å²) in [6.07, 6.45) is 1.77. The topological polar surface area (TPSA) is 53.7 Å². The van der Waals surface area contributed by atoms with Crippen LogP contribution < -0.4 is 0 Å². The fourth-order valence-corrected chi connectivity index (χ4v) is 5.27. The van der Waals surface area contributed by atoms with Gasteiger partial charge in [-0.2, -0.15) is 4.52 Å². The van der Waals surface area contributed by atoms with Gasteiger partial charge >= 0.3 is 0 Å². The third kappa shape index (κ3) is 3.22. The highest BCUT2D eigenvalue weighted by atomic mass is 32.1.